The molecular weight excluding hydrogens is 358 g/mol. The minimum atomic E-state index is 0.127. The van der Waals surface area contributed by atoms with Gasteiger partial charge in [-0.3, -0.25) is 4.79 Å². The Kier molecular flexibility index (Phi) is 5.94. The van der Waals surface area contributed by atoms with Gasteiger partial charge in [-0.1, -0.05) is 49.4 Å². The number of benzene rings is 2. The average Bonchev–Trinajstić information content (AvgIpc) is 2.75. The molecule has 0 N–H and O–H groups in total. The van der Waals surface area contributed by atoms with Crippen molar-refractivity contribution in [2.45, 2.75) is 58.0 Å². The number of fused-ring (bicyclic) bond motifs is 1. The maximum atomic E-state index is 13.1. The van der Waals surface area contributed by atoms with Crippen molar-refractivity contribution in [1.29, 1.82) is 0 Å². The summed E-state index contributed by atoms with van der Waals surface area (Å²) in [7, 11) is 1.71. The molecule has 2 fully saturated rings. The molecule has 2 aliphatic rings. The second kappa shape index (κ2) is 8.61. The number of rotatable bonds is 5. The molecule has 0 bridgehead atoms. The predicted octanol–water partition coefficient (Wildman–Crippen LogP) is 5.65. The Labute approximate surface area is 175 Å². The number of methoxy groups -OCH3 is 1. The Morgan fingerprint density at radius 1 is 1.03 bits per heavy atom. The minimum absolute atomic E-state index is 0.127. The Hall–Kier alpha value is -2.29. The first-order valence-electron chi connectivity index (χ1n) is 11.1. The van der Waals surface area contributed by atoms with Gasteiger partial charge in [-0.15, -0.1) is 0 Å². The van der Waals surface area contributed by atoms with Crippen LogP contribution in [0.1, 0.15) is 56.7 Å². The van der Waals surface area contributed by atoms with Gasteiger partial charge in [-0.05, 0) is 74.1 Å². The van der Waals surface area contributed by atoms with Gasteiger partial charge in [-0.25, -0.2) is 0 Å². The number of carbonyl (C=O) groups is 1. The Bertz CT molecular complexity index is 816. The number of hydrogen-bond acceptors (Lipinski definition) is 2. The third-order valence-electron chi connectivity index (χ3n) is 7.12. The standard InChI is InChI=1S/C26H33NO2/c1-18-15-23-17-21(16-20-9-12-24(29-3)13-10-20)11-14-25(23)27(26(18)28)19(2)22-7-5-4-6-8-22/h4-10,12-13,18-19,21,23,25H,11,14-17H2,1-3H3/t18-,19?,21+,23+,25-/m1/s1. The van der Waals surface area contributed by atoms with Crippen LogP contribution in [0.3, 0.4) is 0 Å². The van der Waals surface area contributed by atoms with E-state index in [-0.39, 0.29) is 12.0 Å². The zero-order chi connectivity index (χ0) is 20.4. The summed E-state index contributed by atoms with van der Waals surface area (Å²) in [5, 5.41) is 0. The fraction of sp³-hybridized carbons (Fsp3) is 0.500. The van der Waals surface area contributed by atoms with Crippen molar-refractivity contribution >= 4 is 5.91 Å². The molecule has 0 aromatic heterocycles. The lowest BCUT2D eigenvalue weighted by Crippen LogP contribution is -2.54. The van der Waals surface area contributed by atoms with Gasteiger partial charge in [0.25, 0.3) is 0 Å². The fourth-order valence-electron chi connectivity index (χ4n) is 5.59. The Balaban J connectivity index is 1.47. The third-order valence-corrected chi connectivity index (χ3v) is 7.12. The molecule has 154 valence electrons. The van der Waals surface area contributed by atoms with E-state index in [1.165, 1.54) is 24.0 Å². The summed E-state index contributed by atoms with van der Waals surface area (Å²) in [5.74, 6) is 2.71. The van der Waals surface area contributed by atoms with Crippen LogP contribution in [-0.4, -0.2) is 24.0 Å². The van der Waals surface area contributed by atoms with Crippen molar-refractivity contribution in [3.8, 4) is 5.75 Å². The molecule has 5 atom stereocenters. The van der Waals surface area contributed by atoms with Gasteiger partial charge >= 0.3 is 0 Å². The highest BCUT2D eigenvalue weighted by molar-refractivity contribution is 5.80. The first kappa shape index (κ1) is 20.0. The smallest absolute Gasteiger partial charge is 0.226 e. The third kappa shape index (κ3) is 4.19. The maximum Gasteiger partial charge on any atom is 0.226 e. The quantitative estimate of drug-likeness (QED) is 0.659. The highest BCUT2D eigenvalue weighted by atomic mass is 16.5. The van der Waals surface area contributed by atoms with E-state index in [2.05, 4.69) is 67.3 Å². The van der Waals surface area contributed by atoms with Crippen molar-refractivity contribution < 1.29 is 9.53 Å². The molecule has 0 radical (unpaired) electrons. The predicted molar refractivity (Wildman–Crippen MR) is 117 cm³/mol. The summed E-state index contributed by atoms with van der Waals surface area (Å²) in [4.78, 5) is 15.4. The number of amides is 1. The van der Waals surface area contributed by atoms with E-state index in [4.69, 9.17) is 4.74 Å². The summed E-state index contributed by atoms with van der Waals surface area (Å²) in [5.41, 5.74) is 2.64. The van der Waals surface area contributed by atoms with Gasteiger partial charge in [0.2, 0.25) is 5.91 Å². The van der Waals surface area contributed by atoms with Crippen LogP contribution in [0, 0.1) is 17.8 Å². The van der Waals surface area contributed by atoms with Crippen LogP contribution in [0.5, 0.6) is 5.75 Å². The molecule has 2 aromatic carbocycles. The lowest BCUT2D eigenvalue weighted by atomic mass is 9.69. The summed E-state index contributed by atoms with van der Waals surface area (Å²) < 4.78 is 5.28. The average molecular weight is 392 g/mol. The highest BCUT2D eigenvalue weighted by Crippen LogP contribution is 2.44. The van der Waals surface area contributed by atoms with Gasteiger partial charge in [0, 0.05) is 12.0 Å². The zero-order valence-corrected chi connectivity index (χ0v) is 17.9. The highest BCUT2D eigenvalue weighted by Gasteiger charge is 2.44. The Morgan fingerprint density at radius 2 is 1.76 bits per heavy atom. The molecule has 4 rings (SSSR count). The minimum Gasteiger partial charge on any atom is -0.497 e. The molecule has 29 heavy (non-hydrogen) atoms. The van der Waals surface area contributed by atoms with Crippen molar-refractivity contribution in [1.82, 2.24) is 4.90 Å². The molecule has 1 aliphatic heterocycles. The number of piperidine rings is 1. The largest absolute Gasteiger partial charge is 0.497 e. The van der Waals surface area contributed by atoms with Crippen LogP contribution in [0.25, 0.3) is 0 Å². The molecule has 2 aromatic rings. The molecule has 1 unspecified atom stereocenters. The lowest BCUT2D eigenvalue weighted by molar-refractivity contribution is -0.150. The number of nitrogens with zero attached hydrogens (tertiary/aromatic N) is 1. The number of ether oxygens (including phenoxy) is 1. The topological polar surface area (TPSA) is 29.5 Å². The molecule has 1 aliphatic carbocycles. The molecule has 1 amide bonds. The number of carbonyl (C=O) groups excluding carboxylic acids is 1. The van der Waals surface area contributed by atoms with E-state index in [0.717, 1.165) is 25.0 Å². The van der Waals surface area contributed by atoms with Gasteiger partial charge < -0.3 is 9.64 Å². The van der Waals surface area contributed by atoms with E-state index in [0.29, 0.717) is 23.8 Å². The summed E-state index contributed by atoms with van der Waals surface area (Å²) in [6.07, 6.45) is 5.73. The maximum absolute atomic E-state index is 13.1. The molecule has 1 heterocycles. The zero-order valence-electron chi connectivity index (χ0n) is 17.9. The van der Waals surface area contributed by atoms with E-state index >= 15 is 0 Å². The first-order chi connectivity index (χ1) is 14.1. The van der Waals surface area contributed by atoms with Crippen LogP contribution in [0.4, 0.5) is 0 Å². The van der Waals surface area contributed by atoms with Gasteiger partial charge in [-0.2, -0.15) is 0 Å². The van der Waals surface area contributed by atoms with Crippen molar-refractivity contribution in [2.24, 2.45) is 17.8 Å². The summed E-state index contributed by atoms with van der Waals surface area (Å²) in [6, 6.07) is 19.6. The van der Waals surface area contributed by atoms with E-state index in [1.54, 1.807) is 7.11 Å². The monoisotopic (exact) mass is 391 g/mol. The van der Waals surface area contributed by atoms with Gasteiger partial charge in [0.1, 0.15) is 5.75 Å². The molecule has 1 saturated carbocycles. The Morgan fingerprint density at radius 3 is 2.45 bits per heavy atom. The van der Waals surface area contributed by atoms with Crippen LogP contribution in [0.2, 0.25) is 0 Å². The van der Waals surface area contributed by atoms with E-state index < -0.39 is 0 Å². The molecule has 0 spiro atoms. The second-order valence-electron chi connectivity index (χ2n) is 9.03. The van der Waals surface area contributed by atoms with Gasteiger partial charge in [0.05, 0.1) is 13.2 Å². The summed E-state index contributed by atoms with van der Waals surface area (Å²) >= 11 is 0. The number of likely N-dealkylation sites (tertiary alicyclic amines) is 1. The van der Waals surface area contributed by atoms with Crippen molar-refractivity contribution in [3.63, 3.8) is 0 Å². The van der Waals surface area contributed by atoms with Crippen molar-refractivity contribution in [2.75, 3.05) is 7.11 Å². The molecular formula is C26H33NO2. The molecule has 3 nitrogen and oxygen atoms in total. The van der Waals surface area contributed by atoms with Crippen LogP contribution < -0.4 is 4.74 Å². The fourth-order valence-corrected chi connectivity index (χ4v) is 5.59. The van der Waals surface area contributed by atoms with E-state index in [1.807, 2.05) is 6.07 Å². The normalized spacial score (nSPS) is 28.0. The molecule has 3 heteroatoms. The van der Waals surface area contributed by atoms with Crippen LogP contribution in [-0.2, 0) is 11.2 Å². The SMILES string of the molecule is COc1ccc(C[C@@H]2CC[C@@H]3[C@H](C2)C[C@@H](C)C(=O)N3C(C)c2ccccc2)cc1. The van der Waals surface area contributed by atoms with Gasteiger partial charge in [0.15, 0.2) is 0 Å². The van der Waals surface area contributed by atoms with Crippen molar-refractivity contribution in [3.05, 3.63) is 65.7 Å². The van der Waals surface area contributed by atoms with Crippen LogP contribution in [0.15, 0.2) is 54.6 Å². The lowest BCUT2D eigenvalue weighted by Gasteiger charge is -2.50. The molecule has 1 saturated heterocycles. The van der Waals surface area contributed by atoms with E-state index in [9.17, 15) is 4.79 Å². The summed E-state index contributed by atoms with van der Waals surface area (Å²) in [6.45, 7) is 4.32. The first-order valence-corrected chi connectivity index (χ1v) is 11.1. The van der Waals surface area contributed by atoms with Crippen LogP contribution >= 0.6 is 0 Å². The number of hydrogen-bond donors (Lipinski definition) is 0. The second-order valence-corrected chi connectivity index (χ2v) is 9.03.